The van der Waals surface area contributed by atoms with Crippen molar-refractivity contribution in [1.82, 2.24) is 21.3 Å². The van der Waals surface area contributed by atoms with Gasteiger partial charge in [0.15, 0.2) is 0 Å². The predicted molar refractivity (Wildman–Crippen MR) is 133 cm³/mol. The summed E-state index contributed by atoms with van der Waals surface area (Å²) in [4.78, 5) is 60.3. The number of hydrogen-bond donors (Lipinski definition) is 7. The Hall–Kier alpha value is -4.45. The Labute approximate surface area is 213 Å². The van der Waals surface area contributed by atoms with Gasteiger partial charge in [-0.25, -0.2) is 0 Å². The minimum absolute atomic E-state index is 0.0865. The van der Waals surface area contributed by atoms with Crippen LogP contribution in [0.2, 0.25) is 0 Å². The number of carboxylic acid groups (broad SMARTS) is 1. The highest BCUT2D eigenvalue weighted by atomic mass is 16.4. The van der Waals surface area contributed by atoms with Crippen molar-refractivity contribution in [2.45, 2.75) is 37.9 Å². The average Bonchev–Trinajstić information content (AvgIpc) is 2.87. The molecule has 2 aromatic rings. The zero-order valence-corrected chi connectivity index (χ0v) is 20.3. The van der Waals surface area contributed by atoms with E-state index in [4.69, 9.17) is 10.8 Å². The van der Waals surface area contributed by atoms with Crippen molar-refractivity contribution >= 4 is 29.6 Å². The van der Waals surface area contributed by atoms with Crippen molar-refractivity contribution in [1.29, 1.82) is 0 Å². The zero-order valence-electron chi connectivity index (χ0n) is 20.3. The minimum atomic E-state index is -1.23. The van der Waals surface area contributed by atoms with Gasteiger partial charge in [-0.05, 0) is 36.6 Å². The number of phenolic OH excluding ortho intramolecular Hbond substituents is 1. The van der Waals surface area contributed by atoms with Gasteiger partial charge in [-0.15, -0.1) is 0 Å². The number of carboxylic acids is 1. The van der Waals surface area contributed by atoms with Gasteiger partial charge in [0.1, 0.15) is 24.4 Å². The Balaban J connectivity index is 1.85. The molecule has 0 aliphatic heterocycles. The van der Waals surface area contributed by atoms with E-state index in [1.165, 1.54) is 19.1 Å². The summed E-state index contributed by atoms with van der Waals surface area (Å²) in [5, 5.41) is 27.7. The number of aliphatic carboxylic acids is 1. The van der Waals surface area contributed by atoms with E-state index in [1.807, 2.05) is 0 Å². The molecule has 3 atom stereocenters. The van der Waals surface area contributed by atoms with Gasteiger partial charge in [-0.1, -0.05) is 42.5 Å². The molecule has 2 aromatic carbocycles. The van der Waals surface area contributed by atoms with Crippen LogP contribution in [-0.2, 0) is 36.8 Å². The summed E-state index contributed by atoms with van der Waals surface area (Å²) in [6.45, 7) is 0.342. The lowest BCUT2D eigenvalue weighted by atomic mass is 10.1. The maximum absolute atomic E-state index is 12.4. The molecule has 0 aliphatic rings. The number of hydrogen-bond acceptors (Lipinski definition) is 7. The number of carbonyl (C=O) groups excluding carboxylic acids is 4. The fraction of sp³-hybridized carbons (Fsp3) is 0.320. The summed E-state index contributed by atoms with van der Waals surface area (Å²) in [6.07, 6.45) is 0.299. The standard InChI is InChI=1S/C25H31N5O7/c1-15(29-24(36)19(26)11-17-7-9-18(31)10-8-17)23(35)27-13-21(32)30-20(25(37)28-14-22(33)34)12-16-5-3-2-4-6-16/h2-10,15,19-20,31H,11-14,26H2,1H3,(H,27,35)(H,28,37)(H,29,36)(H,30,32)(H,33,34)/t15-,19+,20+/m1/s1. The molecule has 0 fully saturated rings. The van der Waals surface area contributed by atoms with Crippen LogP contribution >= 0.6 is 0 Å². The number of aromatic hydroxyl groups is 1. The van der Waals surface area contributed by atoms with Gasteiger partial charge in [0.05, 0.1) is 12.6 Å². The van der Waals surface area contributed by atoms with Gasteiger partial charge in [0.2, 0.25) is 23.6 Å². The molecule has 12 nitrogen and oxygen atoms in total. The van der Waals surface area contributed by atoms with Crippen LogP contribution in [0.5, 0.6) is 5.75 Å². The Morgan fingerprint density at radius 3 is 2.00 bits per heavy atom. The number of nitrogens with two attached hydrogens (primary N) is 1. The smallest absolute Gasteiger partial charge is 0.322 e. The molecule has 0 saturated carbocycles. The van der Waals surface area contributed by atoms with Gasteiger partial charge in [0.25, 0.3) is 0 Å². The molecular weight excluding hydrogens is 482 g/mol. The summed E-state index contributed by atoms with van der Waals surface area (Å²) in [5.74, 6) is -3.72. The second kappa shape index (κ2) is 14.2. The molecule has 37 heavy (non-hydrogen) atoms. The van der Waals surface area contributed by atoms with Crippen molar-refractivity contribution in [3.63, 3.8) is 0 Å². The zero-order chi connectivity index (χ0) is 27.4. The van der Waals surface area contributed by atoms with E-state index in [0.717, 1.165) is 11.1 Å². The number of benzene rings is 2. The van der Waals surface area contributed by atoms with E-state index in [-0.39, 0.29) is 18.6 Å². The Morgan fingerprint density at radius 1 is 0.784 bits per heavy atom. The fourth-order valence-corrected chi connectivity index (χ4v) is 3.28. The molecule has 4 amide bonds. The molecule has 0 saturated heterocycles. The molecule has 0 spiro atoms. The van der Waals surface area contributed by atoms with Gasteiger partial charge in [0, 0.05) is 6.42 Å². The summed E-state index contributed by atoms with van der Waals surface area (Å²) < 4.78 is 0. The van der Waals surface area contributed by atoms with Crippen molar-refractivity contribution in [3.05, 3.63) is 65.7 Å². The van der Waals surface area contributed by atoms with Crippen molar-refractivity contribution in [2.75, 3.05) is 13.1 Å². The highest BCUT2D eigenvalue weighted by Gasteiger charge is 2.24. The SMILES string of the molecule is C[C@@H](NC(=O)[C@@H](N)Cc1ccc(O)cc1)C(=O)NCC(=O)N[C@@H](Cc1ccccc1)C(=O)NCC(=O)O. The first kappa shape index (κ1) is 28.8. The van der Waals surface area contributed by atoms with Crippen LogP contribution in [0.25, 0.3) is 0 Å². The fourth-order valence-electron chi connectivity index (χ4n) is 3.28. The molecule has 8 N–H and O–H groups in total. The second-order valence-electron chi connectivity index (χ2n) is 8.35. The normalized spacial score (nSPS) is 12.9. The summed E-state index contributed by atoms with van der Waals surface area (Å²) in [6, 6.07) is 12.0. The van der Waals surface area contributed by atoms with E-state index in [2.05, 4.69) is 21.3 Å². The lowest BCUT2D eigenvalue weighted by Crippen LogP contribution is -2.54. The Kier molecular flexibility index (Phi) is 11.0. The van der Waals surface area contributed by atoms with Crippen LogP contribution in [0.15, 0.2) is 54.6 Å². The van der Waals surface area contributed by atoms with E-state index in [9.17, 15) is 29.1 Å². The van der Waals surface area contributed by atoms with Crippen LogP contribution in [0.3, 0.4) is 0 Å². The van der Waals surface area contributed by atoms with Crippen LogP contribution in [-0.4, -0.2) is 71.0 Å². The summed E-state index contributed by atoms with van der Waals surface area (Å²) in [7, 11) is 0. The maximum Gasteiger partial charge on any atom is 0.322 e. The highest BCUT2D eigenvalue weighted by Crippen LogP contribution is 2.11. The molecule has 0 aliphatic carbocycles. The van der Waals surface area contributed by atoms with E-state index < -0.39 is 60.8 Å². The van der Waals surface area contributed by atoms with Crippen LogP contribution in [0, 0.1) is 0 Å². The number of rotatable bonds is 13. The first-order valence-electron chi connectivity index (χ1n) is 11.5. The predicted octanol–water partition coefficient (Wildman–Crippen LogP) is -1.19. The van der Waals surface area contributed by atoms with Crippen LogP contribution in [0.4, 0.5) is 0 Å². The molecule has 2 rings (SSSR count). The Bertz CT molecular complexity index is 1090. The monoisotopic (exact) mass is 513 g/mol. The van der Waals surface area contributed by atoms with Crippen molar-refractivity contribution in [2.24, 2.45) is 5.73 Å². The van der Waals surface area contributed by atoms with Gasteiger partial charge in [-0.3, -0.25) is 24.0 Å². The van der Waals surface area contributed by atoms with Gasteiger partial charge >= 0.3 is 5.97 Å². The van der Waals surface area contributed by atoms with E-state index >= 15 is 0 Å². The van der Waals surface area contributed by atoms with Crippen LogP contribution < -0.4 is 27.0 Å². The first-order chi connectivity index (χ1) is 17.5. The Morgan fingerprint density at radius 2 is 1.38 bits per heavy atom. The minimum Gasteiger partial charge on any atom is -0.508 e. The molecule has 0 unspecified atom stereocenters. The number of amides is 4. The quantitative estimate of drug-likeness (QED) is 0.173. The largest absolute Gasteiger partial charge is 0.508 e. The molecule has 0 aromatic heterocycles. The average molecular weight is 514 g/mol. The van der Waals surface area contributed by atoms with Crippen molar-refractivity contribution < 1.29 is 34.2 Å². The third kappa shape index (κ3) is 10.4. The molecule has 0 radical (unpaired) electrons. The number of carbonyl (C=O) groups is 5. The summed E-state index contributed by atoms with van der Waals surface area (Å²) >= 11 is 0. The lowest BCUT2D eigenvalue weighted by Gasteiger charge is -2.20. The number of nitrogens with one attached hydrogen (secondary N) is 4. The topological polar surface area (TPSA) is 200 Å². The first-order valence-corrected chi connectivity index (χ1v) is 11.5. The second-order valence-corrected chi connectivity index (χ2v) is 8.35. The molecule has 0 heterocycles. The van der Waals surface area contributed by atoms with Crippen molar-refractivity contribution in [3.8, 4) is 5.75 Å². The van der Waals surface area contributed by atoms with E-state index in [0.29, 0.717) is 0 Å². The molecule has 12 heteroatoms. The summed E-state index contributed by atoms with van der Waals surface area (Å²) in [5.41, 5.74) is 7.37. The lowest BCUT2D eigenvalue weighted by molar-refractivity contribution is -0.138. The molecular formula is C25H31N5O7. The van der Waals surface area contributed by atoms with Gasteiger partial charge < -0.3 is 37.2 Å². The maximum atomic E-state index is 12.4. The van der Waals surface area contributed by atoms with Crippen LogP contribution in [0.1, 0.15) is 18.1 Å². The van der Waals surface area contributed by atoms with E-state index in [1.54, 1.807) is 42.5 Å². The molecule has 0 bridgehead atoms. The number of phenols is 1. The van der Waals surface area contributed by atoms with Gasteiger partial charge in [-0.2, -0.15) is 0 Å². The third-order valence-corrected chi connectivity index (χ3v) is 5.25. The molecule has 198 valence electrons. The third-order valence-electron chi connectivity index (χ3n) is 5.25. The highest BCUT2D eigenvalue weighted by molar-refractivity contribution is 5.93.